The summed E-state index contributed by atoms with van der Waals surface area (Å²) in [6.45, 7) is 0. The molecule has 136 valence electrons. The molecule has 1 aliphatic rings. The van der Waals surface area contributed by atoms with Crippen LogP contribution >= 0.6 is 11.8 Å². The maximum atomic E-state index is 12.2. The molecule has 0 saturated heterocycles. The van der Waals surface area contributed by atoms with Gasteiger partial charge in [0.05, 0.1) is 17.4 Å². The van der Waals surface area contributed by atoms with Gasteiger partial charge < -0.3 is 5.11 Å². The number of nitrogens with zero attached hydrogens (tertiary/aromatic N) is 2. The van der Waals surface area contributed by atoms with Gasteiger partial charge in [-0.3, -0.25) is 4.21 Å². The van der Waals surface area contributed by atoms with Crippen LogP contribution in [0.25, 0.3) is 0 Å². The Morgan fingerprint density at radius 2 is 2.04 bits per heavy atom. The number of aliphatic hydroxyl groups excluding tert-OH is 1. The van der Waals surface area contributed by atoms with Gasteiger partial charge in [-0.25, -0.2) is 4.98 Å². The zero-order valence-corrected chi connectivity index (χ0v) is 16.2. The zero-order valence-electron chi connectivity index (χ0n) is 14.6. The molecular weight excluding hydrogens is 364 g/mol. The molecule has 1 heterocycles. The van der Waals surface area contributed by atoms with Crippen molar-refractivity contribution in [2.45, 2.75) is 42.6 Å². The first kappa shape index (κ1) is 19.1. The highest BCUT2D eigenvalue weighted by atomic mass is 32.2. The second-order valence-corrected chi connectivity index (χ2v) is 8.98. The fraction of sp³-hybridized carbons (Fsp3) is 0.400. The molecule has 0 spiro atoms. The van der Waals surface area contributed by atoms with Crippen LogP contribution in [0, 0.1) is 11.3 Å². The third-order valence-electron chi connectivity index (χ3n) is 4.35. The smallest absolute Gasteiger partial charge is 0.114 e. The van der Waals surface area contributed by atoms with Gasteiger partial charge in [0.1, 0.15) is 11.1 Å². The summed E-state index contributed by atoms with van der Waals surface area (Å²) < 4.78 is 12.2. The third-order valence-corrected chi connectivity index (χ3v) is 6.90. The molecule has 4 nitrogen and oxygen atoms in total. The summed E-state index contributed by atoms with van der Waals surface area (Å²) in [5.74, 6) is 1.07. The Bertz CT molecular complexity index is 819. The Balaban J connectivity index is 1.56. The Kier molecular flexibility index (Phi) is 6.84. The minimum absolute atomic E-state index is 0.231. The van der Waals surface area contributed by atoms with E-state index in [1.54, 1.807) is 0 Å². The van der Waals surface area contributed by atoms with Gasteiger partial charge in [0.2, 0.25) is 0 Å². The number of fused-ring (bicyclic) bond motifs is 1. The molecule has 3 rings (SSSR count). The van der Waals surface area contributed by atoms with Gasteiger partial charge in [0.15, 0.2) is 0 Å². The first-order chi connectivity index (χ1) is 12.7. The molecule has 2 aromatic rings. The molecule has 0 fully saturated rings. The number of thioether (sulfide) groups is 1. The second-order valence-electron chi connectivity index (χ2n) is 6.47. The molecule has 1 aromatic heterocycles. The van der Waals surface area contributed by atoms with E-state index in [0.717, 1.165) is 36.9 Å². The molecule has 0 unspecified atom stereocenters. The summed E-state index contributed by atoms with van der Waals surface area (Å²) in [5.41, 5.74) is 3.85. The molecular formula is C20H22N2O2S2. The van der Waals surface area contributed by atoms with Crippen LogP contribution in [0.1, 0.15) is 35.2 Å². The third kappa shape index (κ3) is 5.16. The molecule has 0 amide bonds. The zero-order chi connectivity index (χ0) is 18.4. The summed E-state index contributed by atoms with van der Waals surface area (Å²) in [6, 6.07) is 13.8. The molecule has 1 aliphatic carbocycles. The van der Waals surface area contributed by atoms with Crippen molar-refractivity contribution in [1.29, 1.82) is 5.26 Å². The van der Waals surface area contributed by atoms with Crippen LogP contribution in [0.3, 0.4) is 0 Å². The molecule has 1 aromatic carbocycles. The monoisotopic (exact) mass is 386 g/mol. The van der Waals surface area contributed by atoms with Crippen molar-refractivity contribution in [3.63, 3.8) is 0 Å². The molecule has 0 bridgehead atoms. The highest BCUT2D eigenvalue weighted by Gasteiger charge is 2.17. The lowest BCUT2D eigenvalue weighted by Gasteiger charge is -2.17. The van der Waals surface area contributed by atoms with E-state index in [2.05, 4.69) is 11.1 Å². The van der Waals surface area contributed by atoms with E-state index in [9.17, 15) is 14.6 Å². The van der Waals surface area contributed by atoms with Gasteiger partial charge in [-0.1, -0.05) is 30.3 Å². The normalized spacial score (nSPS) is 15.7. The van der Waals surface area contributed by atoms with E-state index < -0.39 is 16.9 Å². The first-order valence-electron chi connectivity index (χ1n) is 8.78. The van der Waals surface area contributed by atoms with Crippen LogP contribution in [-0.4, -0.2) is 31.9 Å². The van der Waals surface area contributed by atoms with Crippen LogP contribution in [0.5, 0.6) is 0 Å². The standard InChI is InChI=1S/C20H22N2O2S2/c21-11-17-10-16-8-4-5-9-19(16)22-20(17)25-12-18(23)14-26(24)13-15-6-2-1-3-7-15/h1-3,6-7,10,18,23H,4-5,8-9,12-14H2/t18-,26-/m0/s1. The van der Waals surface area contributed by atoms with E-state index in [-0.39, 0.29) is 5.75 Å². The Morgan fingerprint density at radius 1 is 1.27 bits per heavy atom. The molecule has 26 heavy (non-hydrogen) atoms. The Hall–Kier alpha value is -1.68. The number of aliphatic hydroxyl groups is 1. The largest absolute Gasteiger partial charge is 0.391 e. The number of benzene rings is 1. The quantitative estimate of drug-likeness (QED) is 0.740. The number of aromatic nitrogens is 1. The minimum atomic E-state index is -1.12. The maximum absolute atomic E-state index is 12.2. The van der Waals surface area contributed by atoms with E-state index in [1.807, 2.05) is 36.4 Å². The van der Waals surface area contributed by atoms with Gasteiger partial charge in [0.25, 0.3) is 0 Å². The topological polar surface area (TPSA) is 74.0 Å². The molecule has 0 radical (unpaired) electrons. The van der Waals surface area contributed by atoms with Crippen molar-refractivity contribution in [1.82, 2.24) is 4.98 Å². The molecule has 2 atom stereocenters. The molecule has 0 aliphatic heterocycles. The van der Waals surface area contributed by atoms with Crippen molar-refractivity contribution in [3.05, 3.63) is 58.8 Å². The maximum Gasteiger partial charge on any atom is 0.114 e. The van der Waals surface area contributed by atoms with E-state index >= 15 is 0 Å². The van der Waals surface area contributed by atoms with Crippen LogP contribution in [0.2, 0.25) is 0 Å². The van der Waals surface area contributed by atoms with Crippen molar-refractivity contribution >= 4 is 22.6 Å². The number of nitriles is 1. The SMILES string of the molecule is N#Cc1cc2c(nc1SC[C@H](O)C[S@@](=O)Cc1ccccc1)CCCC2. The second kappa shape index (κ2) is 9.31. The number of aryl methyl sites for hydroxylation is 2. The average Bonchev–Trinajstić information content (AvgIpc) is 2.66. The van der Waals surface area contributed by atoms with Crippen LogP contribution in [-0.2, 0) is 29.4 Å². The summed E-state index contributed by atoms with van der Waals surface area (Å²) in [5, 5.41) is 20.3. The van der Waals surface area contributed by atoms with Crippen LogP contribution in [0.15, 0.2) is 41.4 Å². The average molecular weight is 387 g/mol. The highest BCUT2D eigenvalue weighted by molar-refractivity contribution is 7.99. The van der Waals surface area contributed by atoms with E-state index in [1.165, 1.54) is 17.3 Å². The van der Waals surface area contributed by atoms with Gasteiger partial charge in [0, 0.05) is 28.0 Å². The lowest BCUT2D eigenvalue weighted by Crippen LogP contribution is -2.20. The van der Waals surface area contributed by atoms with Gasteiger partial charge in [-0.05, 0) is 42.9 Å². The summed E-state index contributed by atoms with van der Waals surface area (Å²) in [6.07, 6.45) is 3.55. The van der Waals surface area contributed by atoms with Crippen molar-refractivity contribution < 1.29 is 9.32 Å². The first-order valence-corrected chi connectivity index (χ1v) is 11.3. The van der Waals surface area contributed by atoms with Gasteiger partial charge in [-0.15, -0.1) is 11.8 Å². The predicted molar refractivity (Wildman–Crippen MR) is 105 cm³/mol. The Labute approximate surface area is 161 Å². The fourth-order valence-electron chi connectivity index (χ4n) is 3.06. The van der Waals surface area contributed by atoms with Gasteiger partial charge in [-0.2, -0.15) is 5.26 Å². The number of hydrogen-bond acceptors (Lipinski definition) is 5. The van der Waals surface area contributed by atoms with Crippen molar-refractivity contribution in [2.24, 2.45) is 0 Å². The molecule has 0 saturated carbocycles. The minimum Gasteiger partial charge on any atom is -0.391 e. The van der Waals surface area contributed by atoms with E-state index in [4.69, 9.17) is 0 Å². The van der Waals surface area contributed by atoms with Gasteiger partial charge >= 0.3 is 0 Å². The lowest BCUT2D eigenvalue weighted by atomic mass is 9.95. The van der Waals surface area contributed by atoms with Crippen LogP contribution in [0.4, 0.5) is 0 Å². The summed E-state index contributed by atoms with van der Waals surface area (Å²) >= 11 is 1.38. The fourth-order valence-corrected chi connectivity index (χ4v) is 5.34. The highest BCUT2D eigenvalue weighted by Crippen LogP contribution is 2.27. The van der Waals surface area contributed by atoms with Crippen LogP contribution < -0.4 is 0 Å². The Morgan fingerprint density at radius 3 is 2.81 bits per heavy atom. The number of pyridine rings is 1. The number of rotatable bonds is 7. The summed E-state index contributed by atoms with van der Waals surface area (Å²) in [4.78, 5) is 4.66. The predicted octanol–water partition coefficient (Wildman–Crippen LogP) is 3.23. The van der Waals surface area contributed by atoms with E-state index in [0.29, 0.717) is 22.1 Å². The lowest BCUT2D eigenvalue weighted by molar-refractivity contribution is 0.224. The molecule has 1 N–H and O–H groups in total. The summed E-state index contributed by atoms with van der Waals surface area (Å²) in [7, 11) is -1.12. The van der Waals surface area contributed by atoms with Crippen molar-refractivity contribution in [3.8, 4) is 6.07 Å². The molecule has 6 heteroatoms. The number of hydrogen-bond donors (Lipinski definition) is 1. The van der Waals surface area contributed by atoms with Crippen molar-refractivity contribution in [2.75, 3.05) is 11.5 Å².